The highest BCUT2D eigenvalue weighted by Crippen LogP contribution is 2.37. The van der Waals surface area contributed by atoms with Gasteiger partial charge in [0, 0.05) is 12.3 Å². The zero-order valence-corrected chi connectivity index (χ0v) is 14.5. The largest absolute Gasteiger partial charge is 0.490 e. The van der Waals surface area contributed by atoms with Gasteiger partial charge in [0.25, 0.3) is 11.6 Å². The van der Waals surface area contributed by atoms with Gasteiger partial charge in [-0.25, -0.2) is 0 Å². The minimum atomic E-state index is -4.44. The summed E-state index contributed by atoms with van der Waals surface area (Å²) in [5.41, 5.74) is -0.581. The van der Waals surface area contributed by atoms with Gasteiger partial charge in [-0.2, -0.15) is 18.2 Å². The first kappa shape index (κ1) is 18.1. The molecule has 0 unspecified atom stereocenters. The van der Waals surface area contributed by atoms with Gasteiger partial charge in [-0.05, 0) is 29.3 Å². The third kappa shape index (κ3) is 3.71. The second-order valence-electron chi connectivity index (χ2n) is 6.32. The van der Waals surface area contributed by atoms with Crippen LogP contribution in [0.15, 0.2) is 65.6 Å². The fourth-order valence-corrected chi connectivity index (χ4v) is 3.06. The molecule has 1 aromatic heterocycles. The molecule has 144 valence electrons. The van der Waals surface area contributed by atoms with Crippen LogP contribution >= 0.6 is 0 Å². The summed E-state index contributed by atoms with van der Waals surface area (Å²) >= 11 is 0. The zero-order valence-electron chi connectivity index (χ0n) is 14.5. The molecule has 0 fully saturated rings. The zero-order chi connectivity index (χ0) is 19.7. The van der Waals surface area contributed by atoms with Crippen molar-refractivity contribution in [2.45, 2.75) is 18.8 Å². The van der Waals surface area contributed by atoms with Crippen molar-refractivity contribution in [1.82, 2.24) is 9.55 Å². The van der Waals surface area contributed by atoms with Gasteiger partial charge in [-0.15, -0.1) is 0 Å². The Labute approximate surface area is 158 Å². The van der Waals surface area contributed by atoms with Gasteiger partial charge in [0.2, 0.25) is 0 Å². The number of benzene rings is 2. The molecule has 3 aromatic rings. The van der Waals surface area contributed by atoms with Gasteiger partial charge >= 0.3 is 6.18 Å². The van der Waals surface area contributed by atoms with Crippen molar-refractivity contribution in [3.8, 4) is 22.9 Å². The number of hydrogen-bond acceptors (Lipinski definition) is 4. The van der Waals surface area contributed by atoms with Gasteiger partial charge in [0.1, 0.15) is 12.4 Å². The number of hydrogen-bond donors (Lipinski definition) is 0. The van der Waals surface area contributed by atoms with Crippen LogP contribution in [0.2, 0.25) is 0 Å². The Morgan fingerprint density at radius 1 is 1.14 bits per heavy atom. The summed E-state index contributed by atoms with van der Waals surface area (Å²) in [5.74, 6) is 0.427. The molecule has 2 aromatic carbocycles. The Bertz CT molecular complexity index is 1060. The Balaban J connectivity index is 1.50. The highest BCUT2D eigenvalue weighted by molar-refractivity contribution is 5.69. The summed E-state index contributed by atoms with van der Waals surface area (Å²) in [6.07, 6.45) is -3.19. The van der Waals surface area contributed by atoms with E-state index in [0.717, 1.165) is 6.07 Å². The van der Waals surface area contributed by atoms with Gasteiger partial charge in [0.15, 0.2) is 6.10 Å². The number of aromatic nitrogens is 2. The molecule has 0 saturated carbocycles. The Morgan fingerprint density at radius 2 is 1.96 bits per heavy atom. The summed E-state index contributed by atoms with van der Waals surface area (Å²) < 4.78 is 52.8. The standard InChI is InChI=1S/C20H15F3N2O3/c21-20(22,23)17-7-2-1-6-16(17)13-4-3-5-14(10-13)27-12-15-11-25-9-8-18(26)24-19(25)28-15/h1-10,15H,11-12H2/t15-/m0/s1. The van der Waals surface area contributed by atoms with Gasteiger partial charge in [-0.3, -0.25) is 9.36 Å². The Hall–Kier alpha value is -3.29. The van der Waals surface area contributed by atoms with Crippen molar-refractivity contribution in [2.75, 3.05) is 6.61 Å². The maximum atomic E-state index is 13.3. The Morgan fingerprint density at radius 3 is 2.79 bits per heavy atom. The smallest absolute Gasteiger partial charge is 0.417 e. The average Bonchev–Trinajstić information content (AvgIpc) is 3.08. The topological polar surface area (TPSA) is 53.4 Å². The molecular weight excluding hydrogens is 373 g/mol. The molecule has 0 bridgehead atoms. The molecule has 5 nitrogen and oxygen atoms in total. The fourth-order valence-electron chi connectivity index (χ4n) is 3.06. The second-order valence-corrected chi connectivity index (χ2v) is 6.32. The molecule has 2 heterocycles. The van der Waals surface area contributed by atoms with Crippen LogP contribution in [0.3, 0.4) is 0 Å². The molecule has 0 saturated heterocycles. The predicted octanol–water partition coefficient (Wildman–Crippen LogP) is 3.77. The van der Waals surface area contributed by atoms with Crippen LogP contribution in [0.25, 0.3) is 11.1 Å². The number of halogens is 3. The summed E-state index contributed by atoms with van der Waals surface area (Å²) in [4.78, 5) is 15.0. The van der Waals surface area contributed by atoms with Crippen molar-refractivity contribution >= 4 is 0 Å². The number of nitrogens with zero attached hydrogens (tertiary/aromatic N) is 2. The van der Waals surface area contributed by atoms with E-state index in [1.807, 2.05) is 0 Å². The number of fused-ring (bicyclic) bond motifs is 1. The van der Waals surface area contributed by atoms with Crippen LogP contribution < -0.4 is 15.0 Å². The van der Waals surface area contributed by atoms with E-state index in [-0.39, 0.29) is 29.8 Å². The number of rotatable bonds is 4. The third-order valence-electron chi connectivity index (χ3n) is 4.33. The predicted molar refractivity (Wildman–Crippen MR) is 95.3 cm³/mol. The van der Waals surface area contributed by atoms with Crippen molar-refractivity contribution in [3.63, 3.8) is 0 Å². The van der Waals surface area contributed by atoms with Crippen LogP contribution in [-0.4, -0.2) is 22.3 Å². The highest BCUT2D eigenvalue weighted by Gasteiger charge is 2.33. The molecule has 1 aliphatic heterocycles. The molecule has 1 atom stereocenters. The van der Waals surface area contributed by atoms with Crippen LogP contribution in [-0.2, 0) is 12.7 Å². The molecule has 8 heteroatoms. The molecule has 0 aliphatic carbocycles. The molecule has 1 aliphatic rings. The summed E-state index contributed by atoms with van der Waals surface area (Å²) in [6, 6.07) is 13.5. The van der Waals surface area contributed by atoms with Crippen molar-refractivity contribution < 1.29 is 22.6 Å². The fraction of sp³-hybridized carbons (Fsp3) is 0.200. The number of alkyl halides is 3. The Kier molecular flexibility index (Phi) is 4.54. The van der Waals surface area contributed by atoms with E-state index in [2.05, 4.69) is 4.98 Å². The monoisotopic (exact) mass is 388 g/mol. The van der Waals surface area contributed by atoms with E-state index < -0.39 is 11.7 Å². The van der Waals surface area contributed by atoms with E-state index in [9.17, 15) is 18.0 Å². The molecule has 28 heavy (non-hydrogen) atoms. The van der Waals surface area contributed by atoms with E-state index in [1.165, 1.54) is 18.2 Å². The normalized spacial score (nSPS) is 15.8. The summed E-state index contributed by atoms with van der Waals surface area (Å²) in [5, 5.41) is 0. The van der Waals surface area contributed by atoms with E-state index in [4.69, 9.17) is 9.47 Å². The van der Waals surface area contributed by atoms with E-state index in [1.54, 1.807) is 41.1 Å². The summed E-state index contributed by atoms with van der Waals surface area (Å²) in [7, 11) is 0. The minimum Gasteiger partial charge on any atom is -0.490 e. The molecule has 0 radical (unpaired) electrons. The molecule has 0 spiro atoms. The lowest BCUT2D eigenvalue weighted by Crippen LogP contribution is -2.23. The molecule has 4 rings (SSSR count). The number of ether oxygens (including phenoxy) is 2. The molecular formula is C20H15F3N2O3. The van der Waals surface area contributed by atoms with Crippen LogP contribution in [0, 0.1) is 0 Å². The summed E-state index contributed by atoms with van der Waals surface area (Å²) in [6.45, 7) is 0.640. The van der Waals surface area contributed by atoms with Crippen molar-refractivity contribution in [1.29, 1.82) is 0 Å². The lowest BCUT2D eigenvalue weighted by molar-refractivity contribution is -0.137. The third-order valence-corrected chi connectivity index (χ3v) is 4.33. The van der Waals surface area contributed by atoms with Gasteiger partial charge in [0.05, 0.1) is 12.1 Å². The lowest BCUT2D eigenvalue weighted by atomic mass is 9.99. The van der Waals surface area contributed by atoms with E-state index >= 15 is 0 Å². The van der Waals surface area contributed by atoms with Crippen molar-refractivity contribution in [2.24, 2.45) is 0 Å². The minimum absolute atomic E-state index is 0.0905. The maximum Gasteiger partial charge on any atom is 0.417 e. The SMILES string of the molecule is O=c1ccn2c(n1)O[C@H](COc1cccc(-c3ccccc3C(F)(F)F)c1)C2. The first-order chi connectivity index (χ1) is 13.4. The lowest BCUT2D eigenvalue weighted by Gasteiger charge is -2.15. The van der Waals surface area contributed by atoms with E-state index in [0.29, 0.717) is 17.9 Å². The van der Waals surface area contributed by atoms with Gasteiger partial charge in [-0.1, -0.05) is 30.3 Å². The molecule has 0 amide bonds. The average molecular weight is 388 g/mol. The quantitative estimate of drug-likeness (QED) is 0.683. The first-order valence-corrected chi connectivity index (χ1v) is 8.54. The molecule has 0 N–H and O–H groups in total. The highest BCUT2D eigenvalue weighted by atomic mass is 19.4. The van der Waals surface area contributed by atoms with Crippen molar-refractivity contribution in [3.05, 3.63) is 76.7 Å². The first-order valence-electron chi connectivity index (χ1n) is 8.54. The second kappa shape index (κ2) is 7.03. The van der Waals surface area contributed by atoms with Crippen LogP contribution in [0.1, 0.15) is 5.56 Å². The maximum absolute atomic E-state index is 13.3. The van der Waals surface area contributed by atoms with Crippen LogP contribution in [0.4, 0.5) is 13.2 Å². The van der Waals surface area contributed by atoms with Crippen LogP contribution in [0.5, 0.6) is 11.8 Å². The van der Waals surface area contributed by atoms with Gasteiger partial charge < -0.3 is 9.47 Å².